The molecule has 5 heteroatoms. The van der Waals surface area contributed by atoms with Crippen LogP contribution >= 0.6 is 0 Å². The molecule has 4 nitrogen and oxygen atoms in total. The van der Waals surface area contributed by atoms with E-state index in [9.17, 15) is 4.79 Å². The van der Waals surface area contributed by atoms with E-state index in [1.54, 1.807) is 12.2 Å². The second-order valence-corrected chi connectivity index (χ2v) is 6.85. The number of nitrogens with two attached hydrogens (primary N) is 1. The van der Waals surface area contributed by atoms with E-state index in [4.69, 9.17) is 15.8 Å². The first kappa shape index (κ1) is 26.5. The van der Waals surface area contributed by atoms with Crippen molar-refractivity contribution >= 4 is 13.4 Å². The third-order valence-electron chi connectivity index (χ3n) is 4.20. The molecule has 0 saturated carbocycles. The van der Waals surface area contributed by atoms with Crippen molar-refractivity contribution in [1.82, 2.24) is 0 Å². The Kier molecular flexibility index (Phi) is 14.1. The van der Waals surface area contributed by atoms with Gasteiger partial charge in [0.05, 0.1) is 0 Å². The first-order valence-electron chi connectivity index (χ1n) is 9.68. The van der Waals surface area contributed by atoms with E-state index in [1.807, 2.05) is 44.2 Å². The summed E-state index contributed by atoms with van der Waals surface area (Å²) in [4.78, 5) is 10.1. The Morgan fingerprint density at radius 2 is 1.52 bits per heavy atom. The fourth-order valence-electron chi connectivity index (χ4n) is 2.14. The molecule has 4 N–H and O–H groups in total. The van der Waals surface area contributed by atoms with Crippen molar-refractivity contribution in [2.75, 3.05) is 0 Å². The Morgan fingerprint density at radius 1 is 1.03 bits per heavy atom. The van der Waals surface area contributed by atoms with Gasteiger partial charge in [-0.2, -0.15) is 0 Å². The zero-order chi connectivity index (χ0) is 22.2. The quantitative estimate of drug-likeness (QED) is 0.377. The Bertz CT molecular complexity index is 725. The van der Waals surface area contributed by atoms with Crippen LogP contribution in [-0.4, -0.2) is 23.5 Å². The number of carbonyl (C=O) groups excluding carboxylic acids is 1. The number of aldehydes is 1. The summed E-state index contributed by atoms with van der Waals surface area (Å²) in [6.07, 6.45) is 6.55. The Labute approximate surface area is 175 Å². The highest BCUT2D eigenvalue weighted by atomic mass is 16.4. The summed E-state index contributed by atoms with van der Waals surface area (Å²) in [7, 11) is -1.18. The molecule has 2 rings (SSSR count). The molecule has 2 aromatic carbocycles. The predicted octanol–water partition coefficient (Wildman–Crippen LogP) is 4.66. The van der Waals surface area contributed by atoms with Crippen molar-refractivity contribution < 1.29 is 14.8 Å². The monoisotopic (exact) mass is 395 g/mol. The molecule has 0 aliphatic heterocycles. The van der Waals surface area contributed by atoms with Crippen molar-refractivity contribution in [2.45, 2.75) is 40.1 Å². The average molecular weight is 395 g/mol. The van der Waals surface area contributed by atoms with Gasteiger partial charge in [-0.1, -0.05) is 84.8 Å². The number of hydrogen-bond donors (Lipinski definition) is 3. The fraction of sp³-hybridized carbons (Fsp3) is 0.292. The van der Waals surface area contributed by atoms with Gasteiger partial charge in [0.1, 0.15) is 6.29 Å². The lowest BCUT2D eigenvalue weighted by atomic mass is 9.86. The van der Waals surface area contributed by atoms with Gasteiger partial charge in [-0.3, -0.25) is 4.79 Å². The summed E-state index contributed by atoms with van der Waals surface area (Å²) in [5.74, 6) is 0.322. The van der Waals surface area contributed by atoms with Crippen LogP contribution in [-0.2, 0) is 0 Å². The smallest absolute Gasteiger partial charge is 0.427 e. The summed E-state index contributed by atoms with van der Waals surface area (Å²) < 4.78 is 0. The third kappa shape index (κ3) is 12.6. The van der Waals surface area contributed by atoms with E-state index in [-0.39, 0.29) is 6.04 Å². The minimum atomic E-state index is -1.18. The minimum Gasteiger partial charge on any atom is -0.427 e. The molecule has 0 amide bonds. The number of benzene rings is 2. The molecule has 0 spiro atoms. The lowest BCUT2D eigenvalue weighted by Gasteiger charge is -2.16. The van der Waals surface area contributed by atoms with Crippen molar-refractivity contribution in [3.63, 3.8) is 0 Å². The Morgan fingerprint density at radius 3 is 1.86 bits per heavy atom. The Hall–Kier alpha value is -2.47. The van der Waals surface area contributed by atoms with E-state index in [1.165, 1.54) is 16.7 Å². The van der Waals surface area contributed by atoms with Crippen molar-refractivity contribution in [3.8, 4) is 0 Å². The van der Waals surface area contributed by atoms with Crippen LogP contribution in [0.3, 0.4) is 0 Å². The summed E-state index contributed by atoms with van der Waals surface area (Å²) in [5.41, 5.74) is 10.4. The number of hydrogen-bond acceptors (Lipinski definition) is 4. The topological polar surface area (TPSA) is 83.6 Å². The molecular formula is C24H34BNO3. The second kappa shape index (κ2) is 15.5. The highest BCUT2D eigenvalue weighted by Crippen LogP contribution is 2.19. The van der Waals surface area contributed by atoms with E-state index in [2.05, 4.69) is 44.7 Å². The van der Waals surface area contributed by atoms with Crippen molar-refractivity contribution in [3.05, 3.63) is 95.6 Å². The van der Waals surface area contributed by atoms with Crippen LogP contribution in [0.15, 0.2) is 73.3 Å². The van der Waals surface area contributed by atoms with Gasteiger partial charge in [0, 0.05) is 11.6 Å². The molecule has 156 valence electrons. The normalized spacial score (nSPS) is 12.0. The van der Waals surface area contributed by atoms with E-state index < -0.39 is 7.12 Å². The lowest BCUT2D eigenvalue weighted by Crippen LogP contribution is -2.17. The van der Waals surface area contributed by atoms with Crippen LogP contribution in [0, 0.1) is 19.8 Å². The maximum Gasteiger partial charge on any atom is 0.455 e. The largest absolute Gasteiger partial charge is 0.455 e. The number of allylic oxidation sites excluding steroid dienone is 2. The summed E-state index contributed by atoms with van der Waals surface area (Å²) in [6, 6.07) is 15.9. The zero-order valence-corrected chi connectivity index (χ0v) is 18.0. The number of aryl methyl sites for hydroxylation is 2. The highest BCUT2D eigenvalue weighted by Gasteiger charge is 2.10. The van der Waals surface area contributed by atoms with E-state index in [0.717, 1.165) is 11.8 Å². The molecule has 0 aromatic heterocycles. The molecular weight excluding hydrogens is 361 g/mol. The third-order valence-corrected chi connectivity index (χ3v) is 4.20. The number of carbonyl (C=O) groups is 1. The van der Waals surface area contributed by atoms with Crippen LogP contribution < -0.4 is 5.73 Å². The van der Waals surface area contributed by atoms with Gasteiger partial charge in [0.25, 0.3) is 0 Å². The highest BCUT2D eigenvalue weighted by molar-refractivity contribution is 6.41. The lowest BCUT2D eigenvalue weighted by molar-refractivity contribution is 0.112. The molecule has 0 bridgehead atoms. The molecule has 0 aliphatic carbocycles. The van der Waals surface area contributed by atoms with E-state index in [0.29, 0.717) is 12.2 Å². The predicted molar refractivity (Wildman–Crippen MR) is 124 cm³/mol. The van der Waals surface area contributed by atoms with Crippen LogP contribution in [0.4, 0.5) is 0 Å². The summed E-state index contributed by atoms with van der Waals surface area (Å²) in [5, 5.41) is 16.4. The Balaban J connectivity index is 0.000000430. The molecule has 0 heterocycles. The van der Waals surface area contributed by atoms with Crippen LogP contribution in [0.1, 0.15) is 46.9 Å². The van der Waals surface area contributed by atoms with Gasteiger partial charge < -0.3 is 15.8 Å². The van der Waals surface area contributed by atoms with Gasteiger partial charge in [-0.15, -0.1) is 6.58 Å². The maximum absolute atomic E-state index is 10.1. The number of rotatable bonds is 6. The van der Waals surface area contributed by atoms with Crippen molar-refractivity contribution in [2.24, 2.45) is 11.7 Å². The molecule has 0 radical (unpaired) electrons. The van der Waals surface area contributed by atoms with Crippen molar-refractivity contribution in [1.29, 1.82) is 0 Å². The van der Waals surface area contributed by atoms with Crippen LogP contribution in [0.2, 0.25) is 6.32 Å². The molecule has 2 atom stereocenters. The average Bonchev–Trinajstić information content (AvgIpc) is 2.73. The standard InChI is InChI=1S/C12H17N.C8H8O.C4H9BO2/c1-4-10(3)12(13)11-7-5-9(2)6-8-11;1-7-2-4-8(6-9)5-3-7;1-2-3-4-5(6)7/h4-8,10,12H,1,13H2,2-3H3;2-6H,1H3;2-3,6-7H,4H2,1H3/b;;3-2-/t10-,12+;;/m1../s1. The van der Waals surface area contributed by atoms with Gasteiger partial charge in [-0.05, 0) is 38.6 Å². The van der Waals surface area contributed by atoms with Gasteiger partial charge >= 0.3 is 7.12 Å². The molecule has 29 heavy (non-hydrogen) atoms. The van der Waals surface area contributed by atoms with Crippen LogP contribution in [0.5, 0.6) is 0 Å². The first-order chi connectivity index (χ1) is 13.7. The molecule has 0 saturated heterocycles. The second-order valence-electron chi connectivity index (χ2n) is 6.85. The molecule has 2 aromatic rings. The maximum atomic E-state index is 10.1. The summed E-state index contributed by atoms with van der Waals surface area (Å²) >= 11 is 0. The van der Waals surface area contributed by atoms with Gasteiger partial charge in [0.2, 0.25) is 0 Å². The molecule has 0 unspecified atom stereocenters. The van der Waals surface area contributed by atoms with Gasteiger partial charge in [-0.25, -0.2) is 0 Å². The zero-order valence-electron chi connectivity index (χ0n) is 18.0. The summed E-state index contributed by atoms with van der Waals surface area (Å²) in [6.45, 7) is 11.7. The van der Waals surface area contributed by atoms with E-state index >= 15 is 0 Å². The SMILES string of the molecule is C/C=C\CB(O)O.C=C[C@@H](C)[C@H](N)c1ccc(C)cc1.Cc1ccc(C=O)cc1. The van der Waals surface area contributed by atoms with Crippen LogP contribution in [0.25, 0.3) is 0 Å². The van der Waals surface area contributed by atoms with Gasteiger partial charge in [0.15, 0.2) is 0 Å². The minimum absolute atomic E-state index is 0.0677. The molecule has 0 fully saturated rings. The first-order valence-corrected chi connectivity index (χ1v) is 9.68. The fourth-order valence-corrected chi connectivity index (χ4v) is 2.14. The molecule has 0 aliphatic rings.